The van der Waals surface area contributed by atoms with Crippen LogP contribution in [-0.2, 0) is 9.59 Å². The topological polar surface area (TPSA) is 72.9 Å². The van der Waals surface area contributed by atoms with Crippen molar-refractivity contribution in [2.24, 2.45) is 0 Å². The van der Waals surface area contributed by atoms with Crippen LogP contribution in [0.5, 0.6) is 0 Å². The van der Waals surface area contributed by atoms with Gasteiger partial charge in [0.05, 0.1) is 5.60 Å². The second-order valence-corrected chi connectivity index (χ2v) is 5.84. The van der Waals surface area contributed by atoms with Crippen LogP contribution in [0, 0.1) is 0 Å². The summed E-state index contributed by atoms with van der Waals surface area (Å²) >= 11 is 0. The second kappa shape index (κ2) is 6.34. The summed E-state index contributed by atoms with van der Waals surface area (Å²) in [5.41, 5.74) is -0.713. The van der Waals surface area contributed by atoms with Gasteiger partial charge in [0, 0.05) is 39.6 Å². The molecule has 0 aromatic carbocycles. The first-order chi connectivity index (χ1) is 8.69. The van der Waals surface area contributed by atoms with Crippen LogP contribution in [-0.4, -0.2) is 71.1 Å². The maximum atomic E-state index is 12.1. The molecule has 0 spiro atoms. The van der Waals surface area contributed by atoms with Crippen LogP contribution in [0.15, 0.2) is 0 Å². The van der Waals surface area contributed by atoms with E-state index in [4.69, 9.17) is 0 Å². The Labute approximate surface area is 114 Å². The van der Waals surface area contributed by atoms with Gasteiger partial charge in [0.2, 0.25) is 11.8 Å². The molecule has 0 aromatic rings. The molecule has 1 saturated heterocycles. The number of hydrogen-bond donors (Lipinski definition) is 2. The van der Waals surface area contributed by atoms with Crippen molar-refractivity contribution in [3.8, 4) is 0 Å². The summed E-state index contributed by atoms with van der Waals surface area (Å²) in [6.45, 7) is 10.1. The normalized spacial score (nSPS) is 19.1. The molecule has 6 nitrogen and oxygen atoms in total. The third-order valence-electron chi connectivity index (χ3n) is 3.08. The second-order valence-electron chi connectivity index (χ2n) is 5.84. The van der Waals surface area contributed by atoms with Gasteiger partial charge in [0.25, 0.3) is 0 Å². The Bertz CT molecular complexity index is 331. The van der Waals surface area contributed by atoms with E-state index in [2.05, 4.69) is 10.2 Å². The molecule has 0 radical (unpaired) electrons. The minimum Gasteiger partial charge on any atom is -0.389 e. The first kappa shape index (κ1) is 15.9. The molecule has 1 unspecified atom stereocenters. The van der Waals surface area contributed by atoms with Gasteiger partial charge in [-0.05, 0) is 20.8 Å². The predicted molar refractivity (Wildman–Crippen MR) is 72.6 cm³/mol. The van der Waals surface area contributed by atoms with E-state index >= 15 is 0 Å². The Hall–Kier alpha value is -1.14. The minimum absolute atomic E-state index is 0.0434. The zero-order chi connectivity index (χ0) is 14.6. The molecule has 1 aliphatic heterocycles. The van der Waals surface area contributed by atoms with E-state index < -0.39 is 11.6 Å². The fourth-order valence-corrected chi connectivity index (χ4v) is 2.31. The maximum absolute atomic E-state index is 12.1. The Balaban J connectivity index is 2.41. The Morgan fingerprint density at radius 3 is 2.21 bits per heavy atom. The van der Waals surface area contributed by atoms with Crippen LogP contribution < -0.4 is 5.32 Å². The van der Waals surface area contributed by atoms with Crippen molar-refractivity contribution in [3.63, 3.8) is 0 Å². The van der Waals surface area contributed by atoms with Gasteiger partial charge in [-0.25, -0.2) is 0 Å². The highest BCUT2D eigenvalue weighted by Crippen LogP contribution is 2.09. The Kier molecular flexibility index (Phi) is 5.31. The number of nitrogens with one attached hydrogen (secondary N) is 1. The Morgan fingerprint density at radius 2 is 1.79 bits per heavy atom. The van der Waals surface area contributed by atoms with Crippen molar-refractivity contribution in [2.75, 3.05) is 32.7 Å². The Morgan fingerprint density at radius 1 is 1.26 bits per heavy atom. The van der Waals surface area contributed by atoms with Crippen LogP contribution in [0.3, 0.4) is 0 Å². The van der Waals surface area contributed by atoms with Gasteiger partial charge in [-0.1, -0.05) is 0 Å². The lowest BCUT2D eigenvalue weighted by molar-refractivity contribution is -0.137. The largest absolute Gasteiger partial charge is 0.389 e. The number of amides is 2. The van der Waals surface area contributed by atoms with Gasteiger partial charge in [-0.3, -0.25) is 14.5 Å². The van der Waals surface area contributed by atoms with Crippen molar-refractivity contribution in [1.29, 1.82) is 0 Å². The molecule has 0 saturated carbocycles. The number of rotatable bonds is 4. The van der Waals surface area contributed by atoms with E-state index in [-0.39, 0.29) is 11.8 Å². The van der Waals surface area contributed by atoms with Crippen molar-refractivity contribution >= 4 is 11.8 Å². The summed E-state index contributed by atoms with van der Waals surface area (Å²) in [6.07, 6.45) is 0. The molecule has 2 amide bonds. The third kappa shape index (κ3) is 5.57. The predicted octanol–water partition coefficient (Wildman–Crippen LogP) is -0.574. The first-order valence-electron chi connectivity index (χ1n) is 6.69. The van der Waals surface area contributed by atoms with Crippen molar-refractivity contribution in [2.45, 2.75) is 39.3 Å². The first-order valence-corrected chi connectivity index (χ1v) is 6.69. The van der Waals surface area contributed by atoms with Crippen molar-refractivity contribution < 1.29 is 14.7 Å². The molecule has 19 heavy (non-hydrogen) atoms. The minimum atomic E-state index is -0.713. The fraction of sp³-hybridized carbons (Fsp3) is 0.846. The van der Waals surface area contributed by atoms with Crippen LogP contribution in [0.25, 0.3) is 0 Å². The van der Waals surface area contributed by atoms with Gasteiger partial charge in [0.1, 0.15) is 6.04 Å². The number of carbonyl (C=O) groups is 2. The molecule has 0 bridgehead atoms. The number of hydrogen-bond acceptors (Lipinski definition) is 4. The van der Waals surface area contributed by atoms with Gasteiger partial charge in [-0.2, -0.15) is 0 Å². The van der Waals surface area contributed by atoms with E-state index in [1.54, 1.807) is 25.7 Å². The van der Waals surface area contributed by atoms with Crippen LogP contribution in [0.2, 0.25) is 0 Å². The molecule has 1 rings (SSSR count). The van der Waals surface area contributed by atoms with Gasteiger partial charge >= 0.3 is 0 Å². The number of carbonyl (C=O) groups excluding carboxylic acids is 2. The molecule has 0 aromatic heterocycles. The lowest BCUT2D eigenvalue weighted by Crippen LogP contribution is -2.55. The van der Waals surface area contributed by atoms with E-state index in [1.807, 2.05) is 0 Å². The molecular weight excluding hydrogens is 246 g/mol. The zero-order valence-corrected chi connectivity index (χ0v) is 12.3. The molecule has 0 aliphatic carbocycles. The lowest BCUT2D eigenvalue weighted by Gasteiger charge is -2.38. The van der Waals surface area contributed by atoms with Crippen molar-refractivity contribution in [3.05, 3.63) is 0 Å². The number of nitrogens with zero attached hydrogens (tertiary/aromatic N) is 2. The van der Waals surface area contributed by atoms with E-state index in [9.17, 15) is 14.7 Å². The average Bonchev–Trinajstić information content (AvgIpc) is 2.26. The smallest absolute Gasteiger partial charge is 0.244 e. The van der Waals surface area contributed by atoms with Gasteiger partial charge in [-0.15, -0.1) is 0 Å². The van der Waals surface area contributed by atoms with E-state index in [0.29, 0.717) is 19.6 Å². The van der Waals surface area contributed by atoms with E-state index in [0.717, 1.165) is 13.1 Å². The number of aliphatic hydroxyl groups is 1. The van der Waals surface area contributed by atoms with Crippen molar-refractivity contribution in [1.82, 2.24) is 15.1 Å². The SMILES string of the molecule is CC(=O)NC(C)C(=O)N1CCN(CC(C)(C)O)CC1. The van der Waals surface area contributed by atoms with Gasteiger partial charge < -0.3 is 15.3 Å². The fourth-order valence-electron chi connectivity index (χ4n) is 2.31. The molecule has 1 atom stereocenters. The monoisotopic (exact) mass is 271 g/mol. The highest BCUT2D eigenvalue weighted by Gasteiger charge is 2.27. The molecule has 110 valence electrons. The number of piperazine rings is 1. The lowest BCUT2D eigenvalue weighted by atomic mass is 10.1. The zero-order valence-electron chi connectivity index (χ0n) is 12.3. The summed E-state index contributed by atoms with van der Waals surface area (Å²) in [4.78, 5) is 26.9. The highest BCUT2D eigenvalue weighted by atomic mass is 16.3. The highest BCUT2D eigenvalue weighted by molar-refractivity contribution is 5.86. The summed E-state index contributed by atoms with van der Waals surface area (Å²) in [6, 6.07) is -0.474. The molecule has 1 heterocycles. The summed E-state index contributed by atoms with van der Waals surface area (Å²) in [7, 11) is 0. The maximum Gasteiger partial charge on any atom is 0.244 e. The molecule has 1 aliphatic rings. The molecule has 2 N–H and O–H groups in total. The van der Waals surface area contributed by atoms with Crippen LogP contribution >= 0.6 is 0 Å². The summed E-state index contributed by atoms with van der Waals surface area (Å²) in [5, 5.41) is 12.4. The van der Waals surface area contributed by atoms with Gasteiger partial charge in [0.15, 0.2) is 0 Å². The van der Waals surface area contributed by atoms with E-state index in [1.165, 1.54) is 6.92 Å². The van der Waals surface area contributed by atoms with Crippen LogP contribution in [0.4, 0.5) is 0 Å². The molecule has 1 fully saturated rings. The summed E-state index contributed by atoms with van der Waals surface area (Å²) < 4.78 is 0. The van der Waals surface area contributed by atoms with Crippen LogP contribution in [0.1, 0.15) is 27.7 Å². The average molecular weight is 271 g/mol. The third-order valence-corrected chi connectivity index (χ3v) is 3.08. The molecule has 6 heteroatoms. The standard InChI is InChI=1S/C13H25N3O3/c1-10(14-11(2)17)12(18)16-7-5-15(6-8-16)9-13(3,4)19/h10,19H,5-9H2,1-4H3,(H,14,17). The number of β-amino-alcohol motifs (C(OH)–C–C–N with tert-alkyl or cyclic N) is 1. The quantitative estimate of drug-likeness (QED) is 0.718. The summed E-state index contributed by atoms with van der Waals surface area (Å²) in [5.74, 6) is -0.236. The molecular formula is C13H25N3O3.